The van der Waals surface area contributed by atoms with E-state index in [1.165, 1.54) is 16.4 Å². The maximum absolute atomic E-state index is 13.4. The molecule has 2 aliphatic rings. The van der Waals surface area contributed by atoms with E-state index >= 15 is 0 Å². The summed E-state index contributed by atoms with van der Waals surface area (Å²) in [6.45, 7) is 3.60. The molecule has 1 atom stereocenters. The number of halogens is 1. The van der Waals surface area contributed by atoms with Crippen LogP contribution in [0.1, 0.15) is 25.3 Å². The van der Waals surface area contributed by atoms with Crippen LogP contribution < -0.4 is 4.31 Å². The van der Waals surface area contributed by atoms with Gasteiger partial charge in [-0.05, 0) is 42.9 Å². The lowest BCUT2D eigenvalue weighted by Crippen LogP contribution is -2.47. The third-order valence-corrected chi connectivity index (χ3v) is 6.05. The van der Waals surface area contributed by atoms with Gasteiger partial charge in [0.25, 0.3) is 0 Å². The van der Waals surface area contributed by atoms with Crippen LogP contribution >= 0.6 is 0 Å². The van der Waals surface area contributed by atoms with Gasteiger partial charge in [0.15, 0.2) is 0 Å². The number of benzene rings is 1. The van der Waals surface area contributed by atoms with Gasteiger partial charge in [0.2, 0.25) is 0 Å². The molecule has 0 radical (unpaired) electrons. The molecule has 0 spiro atoms. The quantitative estimate of drug-likeness (QED) is 0.839. The first-order valence-electron chi connectivity index (χ1n) is 7.05. The maximum Gasteiger partial charge on any atom is 0.304 e. The van der Waals surface area contributed by atoms with Gasteiger partial charge in [0.05, 0.1) is 5.69 Å². The number of hydrogen-bond donors (Lipinski definition) is 0. The summed E-state index contributed by atoms with van der Waals surface area (Å²) >= 11 is 0. The van der Waals surface area contributed by atoms with Crippen LogP contribution in [-0.4, -0.2) is 32.4 Å². The minimum Gasteiger partial charge on any atom is -0.257 e. The van der Waals surface area contributed by atoms with Crippen molar-refractivity contribution in [2.45, 2.75) is 26.2 Å². The highest BCUT2D eigenvalue weighted by atomic mass is 32.2. The monoisotopic (exact) mass is 298 g/mol. The zero-order valence-corrected chi connectivity index (χ0v) is 12.4. The summed E-state index contributed by atoms with van der Waals surface area (Å²) in [5, 5.41) is 0. The first kappa shape index (κ1) is 13.8. The summed E-state index contributed by atoms with van der Waals surface area (Å²) in [7, 11) is -3.52. The second-order valence-electron chi connectivity index (χ2n) is 5.71. The summed E-state index contributed by atoms with van der Waals surface area (Å²) in [5.41, 5.74) is 1.41. The molecule has 0 saturated carbocycles. The van der Waals surface area contributed by atoms with Gasteiger partial charge in [0.1, 0.15) is 5.82 Å². The van der Waals surface area contributed by atoms with E-state index in [9.17, 15) is 12.8 Å². The van der Waals surface area contributed by atoms with Crippen molar-refractivity contribution in [3.8, 4) is 0 Å². The molecule has 0 amide bonds. The van der Waals surface area contributed by atoms with Crippen molar-refractivity contribution < 1.29 is 12.8 Å². The summed E-state index contributed by atoms with van der Waals surface area (Å²) in [4.78, 5) is 0. The van der Waals surface area contributed by atoms with Crippen LogP contribution in [0.4, 0.5) is 10.1 Å². The summed E-state index contributed by atoms with van der Waals surface area (Å²) < 4.78 is 41.8. The van der Waals surface area contributed by atoms with Crippen LogP contribution in [0.2, 0.25) is 0 Å². The van der Waals surface area contributed by atoms with Crippen LogP contribution in [0.15, 0.2) is 18.2 Å². The SMILES string of the molecule is CC1CCCN(S(=O)(=O)N2CCc3ccc(F)cc32)C1. The van der Waals surface area contributed by atoms with Crippen LogP contribution in [-0.2, 0) is 16.6 Å². The fourth-order valence-electron chi connectivity index (χ4n) is 3.06. The Bertz CT molecular complexity index is 618. The van der Waals surface area contributed by atoms with E-state index < -0.39 is 16.0 Å². The highest BCUT2D eigenvalue weighted by Gasteiger charge is 2.36. The normalized spacial score (nSPS) is 23.9. The number of nitrogens with zero attached hydrogens (tertiary/aromatic N) is 2. The van der Waals surface area contributed by atoms with Crippen molar-refractivity contribution in [3.63, 3.8) is 0 Å². The number of rotatable bonds is 2. The fourth-order valence-corrected chi connectivity index (χ4v) is 4.88. The molecule has 6 heteroatoms. The Morgan fingerprint density at radius 1 is 1.30 bits per heavy atom. The number of piperidine rings is 1. The number of hydrogen-bond acceptors (Lipinski definition) is 2. The van der Waals surface area contributed by atoms with Gasteiger partial charge in [-0.25, -0.2) is 4.39 Å². The molecule has 1 unspecified atom stereocenters. The van der Waals surface area contributed by atoms with Crippen LogP contribution in [0.5, 0.6) is 0 Å². The predicted octanol–water partition coefficient (Wildman–Crippen LogP) is 2.16. The second-order valence-corrected chi connectivity index (χ2v) is 7.56. The van der Waals surface area contributed by atoms with Crippen LogP contribution in [0.3, 0.4) is 0 Å². The van der Waals surface area contributed by atoms with E-state index in [1.54, 1.807) is 10.4 Å². The van der Waals surface area contributed by atoms with Gasteiger partial charge < -0.3 is 0 Å². The highest BCUT2D eigenvalue weighted by molar-refractivity contribution is 7.90. The van der Waals surface area contributed by atoms with E-state index in [1.807, 2.05) is 0 Å². The van der Waals surface area contributed by atoms with E-state index in [-0.39, 0.29) is 0 Å². The number of anilines is 1. The Hall–Kier alpha value is -1.14. The van der Waals surface area contributed by atoms with Crippen molar-refractivity contribution in [3.05, 3.63) is 29.6 Å². The van der Waals surface area contributed by atoms with E-state index in [0.717, 1.165) is 18.4 Å². The molecule has 0 bridgehead atoms. The average Bonchev–Trinajstić information content (AvgIpc) is 2.82. The van der Waals surface area contributed by atoms with Gasteiger partial charge in [0, 0.05) is 19.6 Å². The lowest BCUT2D eigenvalue weighted by Gasteiger charge is -2.33. The topological polar surface area (TPSA) is 40.6 Å². The summed E-state index contributed by atoms with van der Waals surface area (Å²) in [6.07, 6.45) is 2.61. The molecule has 0 N–H and O–H groups in total. The summed E-state index contributed by atoms with van der Waals surface area (Å²) in [5.74, 6) is -0.00836. The van der Waals surface area contributed by atoms with Crippen molar-refractivity contribution >= 4 is 15.9 Å². The predicted molar refractivity (Wildman–Crippen MR) is 76.3 cm³/mol. The van der Waals surface area contributed by atoms with Gasteiger partial charge >= 0.3 is 10.2 Å². The molecule has 2 aliphatic heterocycles. The minimum absolute atomic E-state index is 0.383. The van der Waals surface area contributed by atoms with Crippen molar-refractivity contribution in [2.75, 3.05) is 23.9 Å². The Morgan fingerprint density at radius 2 is 2.10 bits per heavy atom. The third-order valence-electron chi connectivity index (χ3n) is 4.12. The molecule has 20 heavy (non-hydrogen) atoms. The smallest absolute Gasteiger partial charge is 0.257 e. The molecule has 4 nitrogen and oxygen atoms in total. The third kappa shape index (κ3) is 2.31. The standard InChI is InChI=1S/C14H19FN2O2S/c1-11-3-2-7-16(10-11)20(18,19)17-8-6-12-4-5-13(15)9-14(12)17/h4-5,9,11H,2-3,6-8,10H2,1H3. The minimum atomic E-state index is -3.52. The molecule has 2 heterocycles. The van der Waals surface area contributed by atoms with Crippen molar-refractivity contribution in [1.29, 1.82) is 0 Å². The molecule has 1 aromatic carbocycles. The largest absolute Gasteiger partial charge is 0.304 e. The van der Waals surface area contributed by atoms with Crippen molar-refractivity contribution in [1.82, 2.24) is 4.31 Å². The molecule has 0 aromatic heterocycles. The molecule has 1 fully saturated rings. The van der Waals surface area contributed by atoms with Gasteiger partial charge in [-0.3, -0.25) is 4.31 Å². The Kier molecular flexibility index (Phi) is 3.46. The lowest BCUT2D eigenvalue weighted by molar-refractivity contribution is 0.280. The molecule has 110 valence electrons. The van der Waals surface area contributed by atoms with Gasteiger partial charge in [-0.2, -0.15) is 12.7 Å². The molecule has 3 rings (SSSR count). The second kappa shape index (κ2) is 5.00. The molecular weight excluding hydrogens is 279 g/mol. The van der Waals surface area contributed by atoms with Crippen LogP contribution in [0.25, 0.3) is 0 Å². The van der Waals surface area contributed by atoms with E-state index in [4.69, 9.17) is 0 Å². The average molecular weight is 298 g/mol. The molecule has 1 saturated heterocycles. The van der Waals surface area contributed by atoms with E-state index in [2.05, 4.69) is 6.92 Å². The number of fused-ring (bicyclic) bond motifs is 1. The Morgan fingerprint density at radius 3 is 2.85 bits per heavy atom. The first-order valence-corrected chi connectivity index (χ1v) is 8.44. The maximum atomic E-state index is 13.4. The van der Waals surface area contributed by atoms with Crippen molar-refractivity contribution in [2.24, 2.45) is 5.92 Å². The summed E-state index contributed by atoms with van der Waals surface area (Å²) in [6, 6.07) is 4.39. The van der Waals surface area contributed by atoms with Gasteiger partial charge in [-0.1, -0.05) is 13.0 Å². The fraction of sp³-hybridized carbons (Fsp3) is 0.571. The zero-order valence-electron chi connectivity index (χ0n) is 11.5. The van der Waals surface area contributed by atoms with E-state index in [0.29, 0.717) is 37.7 Å². The highest BCUT2D eigenvalue weighted by Crippen LogP contribution is 2.33. The van der Waals surface area contributed by atoms with Gasteiger partial charge in [-0.15, -0.1) is 0 Å². The Balaban J connectivity index is 1.92. The Labute approximate surface area is 119 Å². The molecule has 1 aromatic rings. The first-order chi connectivity index (χ1) is 9.48. The molecular formula is C14H19FN2O2S. The zero-order chi connectivity index (χ0) is 14.3. The van der Waals surface area contributed by atoms with Crippen LogP contribution in [0, 0.1) is 11.7 Å². The molecule has 0 aliphatic carbocycles. The lowest BCUT2D eigenvalue weighted by atomic mass is 10.0.